The molecule has 1 unspecified atom stereocenters. The molecule has 1 N–H and O–H groups in total. The number of carbonyl (C=O) groups excluding carboxylic acids is 1. The predicted octanol–water partition coefficient (Wildman–Crippen LogP) is 4.73. The number of rotatable bonds is 7. The minimum Gasteiger partial charge on any atom is -0.508 e. The highest BCUT2D eigenvalue weighted by atomic mass is 32.2. The summed E-state index contributed by atoms with van der Waals surface area (Å²) in [5.41, 5.74) is 3.67. The fourth-order valence-corrected chi connectivity index (χ4v) is 5.77. The van der Waals surface area contributed by atoms with Gasteiger partial charge in [-0.3, -0.25) is 4.79 Å². The van der Waals surface area contributed by atoms with Gasteiger partial charge in [0, 0.05) is 7.05 Å². The number of nitrogens with zero attached hydrogens (tertiary/aromatic N) is 1. The number of ether oxygens (including phenoxy) is 1. The number of phenols is 1. The van der Waals surface area contributed by atoms with E-state index in [2.05, 4.69) is 0 Å². The Morgan fingerprint density at radius 3 is 2.33 bits per heavy atom. The highest BCUT2D eigenvalue weighted by Crippen LogP contribution is 2.39. The van der Waals surface area contributed by atoms with E-state index in [1.54, 1.807) is 55.6 Å². The molecule has 3 aromatic carbocycles. The average Bonchev–Trinajstić information content (AvgIpc) is 3.05. The molecule has 33 heavy (non-hydrogen) atoms. The third-order valence-electron chi connectivity index (χ3n) is 6.16. The zero-order valence-corrected chi connectivity index (χ0v) is 19.3. The van der Waals surface area contributed by atoms with E-state index in [-0.39, 0.29) is 23.3 Å². The first-order chi connectivity index (χ1) is 15.9. The second kappa shape index (κ2) is 9.77. The summed E-state index contributed by atoms with van der Waals surface area (Å²) >= 11 is 0. The van der Waals surface area contributed by atoms with Crippen LogP contribution in [0, 0.1) is 0 Å². The van der Waals surface area contributed by atoms with Gasteiger partial charge in [0.05, 0.1) is 10.9 Å². The van der Waals surface area contributed by atoms with Crippen molar-refractivity contribution in [3.8, 4) is 22.6 Å². The summed E-state index contributed by atoms with van der Waals surface area (Å²) in [7, 11) is -2.11. The Bertz CT molecular complexity index is 1220. The number of benzene rings is 3. The van der Waals surface area contributed by atoms with E-state index >= 15 is 0 Å². The lowest BCUT2D eigenvalue weighted by molar-refractivity contribution is -0.109. The maximum atomic E-state index is 13.5. The van der Waals surface area contributed by atoms with Gasteiger partial charge in [-0.15, -0.1) is 0 Å². The van der Waals surface area contributed by atoms with Gasteiger partial charge in [-0.05, 0) is 71.8 Å². The number of sulfonamides is 1. The molecule has 0 aromatic heterocycles. The van der Waals surface area contributed by atoms with Gasteiger partial charge in [0.15, 0.2) is 6.29 Å². The molecule has 1 atom stereocenters. The van der Waals surface area contributed by atoms with Crippen LogP contribution in [0.25, 0.3) is 11.1 Å². The summed E-state index contributed by atoms with van der Waals surface area (Å²) in [6.45, 7) is -0.0252. The molecule has 0 saturated heterocycles. The first-order valence-corrected chi connectivity index (χ1v) is 12.4. The summed E-state index contributed by atoms with van der Waals surface area (Å²) in [6, 6.07) is 18.9. The molecule has 0 radical (unpaired) electrons. The van der Waals surface area contributed by atoms with Gasteiger partial charge in [-0.1, -0.05) is 42.8 Å². The molecule has 7 heteroatoms. The SMILES string of the molecule is CN(C1CCCCc2c(OCC=O)cccc21)S(=O)(=O)c1ccc(-c2ccc(O)cc2)cc1. The average molecular weight is 466 g/mol. The van der Waals surface area contributed by atoms with E-state index in [0.29, 0.717) is 18.5 Å². The fraction of sp³-hybridized carbons (Fsp3) is 0.269. The molecule has 0 amide bonds. The Kier molecular flexibility index (Phi) is 6.81. The van der Waals surface area contributed by atoms with Crippen molar-refractivity contribution in [3.05, 3.63) is 77.9 Å². The van der Waals surface area contributed by atoms with Crippen LogP contribution < -0.4 is 4.74 Å². The van der Waals surface area contributed by atoms with Gasteiger partial charge in [-0.2, -0.15) is 4.31 Å². The topological polar surface area (TPSA) is 83.9 Å². The van der Waals surface area contributed by atoms with Gasteiger partial charge in [0.1, 0.15) is 18.1 Å². The lowest BCUT2D eigenvalue weighted by atomic mass is 9.98. The van der Waals surface area contributed by atoms with E-state index < -0.39 is 10.0 Å². The zero-order chi connectivity index (χ0) is 23.4. The van der Waals surface area contributed by atoms with Crippen molar-refractivity contribution in [3.63, 3.8) is 0 Å². The molecule has 0 aliphatic heterocycles. The third-order valence-corrected chi connectivity index (χ3v) is 8.04. The molecule has 172 valence electrons. The Hall–Kier alpha value is -3.16. The van der Waals surface area contributed by atoms with E-state index in [1.807, 2.05) is 18.2 Å². The number of phenolic OH excluding ortho intramolecular Hbond substituents is 1. The lowest BCUT2D eigenvalue weighted by Gasteiger charge is -2.28. The van der Waals surface area contributed by atoms with Crippen molar-refractivity contribution in [2.24, 2.45) is 0 Å². The van der Waals surface area contributed by atoms with Crippen molar-refractivity contribution in [2.75, 3.05) is 13.7 Å². The summed E-state index contributed by atoms with van der Waals surface area (Å²) in [4.78, 5) is 11.0. The highest BCUT2D eigenvalue weighted by molar-refractivity contribution is 7.89. The monoisotopic (exact) mass is 465 g/mol. The van der Waals surface area contributed by atoms with Crippen molar-refractivity contribution in [1.82, 2.24) is 4.31 Å². The minimum absolute atomic E-state index is 0.0252. The number of aldehydes is 1. The Labute approximate surface area is 194 Å². The molecule has 1 aliphatic carbocycles. The summed E-state index contributed by atoms with van der Waals surface area (Å²) in [5, 5.41) is 9.48. The molecule has 0 spiro atoms. The quantitative estimate of drug-likeness (QED) is 0.403. The lowest BCUT2D eigenvalue weighted by Crippen LogP contribution is -2.31. The normalized spacial score (nSPS) is 16.1. The highest BCUT2D eigenvalue weighted by Gasteiger charge is 2.32. The number of carbonyl (C=O) groups is 1. The van der Waals surface area contributed by atoms with Crippen LogP contribution in [0.3, 0.4) is 0 Å². The Balaban J connectivity index is 1.64. The maximum absolute atomic E-state index is 13.5. The van der Waals surface area contributed by atoms with E-state index in [9.17, 15) is 18.3 Å². The number of hydrogen-bond donors (Lipinski definition) is 1. The van der Waals surface area contributed by atoms with Crippen molar-refractivity contribution >= 4 is 16.3 Å². The van der Waals surface area contributed by atoms with Gasteiger partial charge in [0.25, 0.3) is 0 Å². The van der Waals surface area contributed by atoms with Crippen LogP contribution in [0.15, 0.2) is 71.6 Å². The predicted molar refractivity (Wildman–Crippen MR) is 127 cm³/mol. The molecule has 6 nitrogen and oxygen atoms in total. The van der Waals surface area contributed by atoms with Crippen LogP contribution >= 0.6 is 0 Å². The largest absolute Gasteiger partial charge is 0.508 e. The van der Waals surface area contributed by atoms with Crippen LogP contribution in [0.4, 0.5) is 0 Å². The second-order valence-corrected chi connectivity index (χ2v) is 10.2. The molecular formula is C26H27NO5S. The van der Waals surface area contributed by atoms with Gasteiger partial charge in [-0.25, -0.2) is 8.42 Å². The van der Waals surface area contributed by atoms with Crippen LogP contribution in [-0.2, 0) is 21.2 Å². The van der Waals surface area contributed by atoms with E-state index in [4.69, 9.17) is 4.74 Å². The second-order valence-electron chi connectivity index (χ2n) is 8.16. The Morgan fingerprint density at radius 2 is 1.67 bits per heavy atom. The van der Waals surface area contributed by atoms with Crippen LogP contribution in [-0.4, -0.2) is 37.8 Å². The molecule has 4 rings (SSSR count). The fourth-order valence-electron chi connectivity index (χ4n) is 4.40. The molecule has 3 aromatic rings. The summed E-state index contributed by atoms with van der Waals surface area (Å²) < 4.78 is 34.1. The Morgan fingerprint density at radius 1 is 1.00 bits per heavy atom. The number of hydrogen-bond acceptors (Lipinski definition) is 5. The number of fused-ring (bicyclic) bond motifs is 1. The third kappa shape index (κ3) is 4.79. The number of aromatic hydroxyl groups is 1. The molecule has 0 bridgehead atoms. The maximum Gasteiger partial charge on any atom is 0.243 e. The van der Waals surface area contributed by atoms with Crippen molar-refractivity contribution < 1.29 is 23.1 Å². The molecule has 1 aliphatic rings. The summed E-state index contributed by atoms with van der Waals surface area (Å²) in [5.74, 6) is 0.832. The molecule has 0 heterocycles. The van der Waals surface area contributed by atoms with Crippen LogP contribution in [0.2, 0.25) is 0 Å². The zero-order valence-electron chi connectivity index (χ0n) is 18.5. The van der Waals surface area contributed by atoms with Crippen LogP contribution in [0.1, 0.15) is 36.4 Å². The van der Waals surface area contributed by atoms with Crippen molar-refractivity contribution in [2.45, 2.75) is 36.6 Å². The minimum atomic E-state index is -3.74. The molecular weight excluding hydrogens is 438 g/mol. The van der Waals surface area contributed by atoms with Gasteiger partial charge in [0.2, 0.25) is 10.0 Å². The first-order valence-electron chi connectivity index (χ1n) is 11.0. The first kappa shape index (κ1) is 23.0. The van der Waals surface area contributed by atoms with Crippen LogP contribution in [0.5, 0.6) is 11.5 Å². The van der Waals surface area contributed by atoms with Gasteiger partial charge < -0.3 is 9.84 Å². The smallest absolute Gasteiger partial charge is 0.243 e. The van der Waals surface area contributed by atoms with Gasteiger partial charge >= 0.3 is 0 Å². The standard InChI is InChI=1S/C26H27NO5S/c1-27(25-7-3-2-5-24-23(25)6-4-8-26(24)32-18-17-28)33(30,31)22-15-11-20(12-16-22)19-9-13-21(29)14-10-19/h4,6,8-17,25,29H,2-3,5,7,18H2,1H3. The van der Waals surface area contributed by atoms with E-state index in [0.717, 1.165) is 41.5 Å². The van der Waals surface area contributed by atoms with E-state index in [1.165, 1.54) is 4.31 Å². The summed E-state index contributed by atoms with van der Waals surface area (Å²) in [6.07, 6.45) is 4.04. The van der Waals surface area contributed by atoms with Crippen molar-refractivity contribution in [1.29, 1.82) is 0 Å². The molecule has 0 fully saturated rings. The molecule has 0 saturated carbocycles.